The molecule has 192 valence electrons. The van der Waals surface area contributed by atoms with E-state index in [-0.39, 0.29) is 0 Å². The van der Waals surface area contributed by atoms with Crippen molar-refractivity contribution in [2.75, 3.05) is 60.6 Å². The third kappa shape index (κ3) is 5.19. The van der Waals surface area contributed by atoms with Gasteiger partial charge in [-0.3, -0.25) is 4.98 Å². The highest BCUT2D eigenvalue weighted by molar-refractivity contribution is 5.90. The molecule has 0 bridgehead atoms. The molecule has 0 unspecified atom stereocenters. The first-order valence-electron chi connectivity index (χ1n) is 12.6. The fraction of sp³-hybridized carbons (Fsp3) is 0.379. The van der Waals surface area contributed by atoms with Crippen molar-refractivity contribution in [1.82, 2.24) is 14.8 Å². The molecule has 1 saturated heterocycles. The summed E-state index contributed by atoms with van der Waals surface area (Å²) in [4.78, 5) is 9.40. The van der Waals surface area contributed by atoms with Gasteiger partial charge in [-0.1, -0.05) is 6.07 Å². The monoisotopic (exact) mass is 500 g/mol. The van der Waals surface area contributed by atoms with Crippen molar-refractivity contribution in [1.29, 1.82) is 5.26 Å². The van der Waals surface area contributed by atoms with Gasteiger partial charge in [0.1, 0.15) is 17.4 Å². The van der Waals surface area contributed by atoms with E-state index in [4.69, 9.17) is 18.6 Å². The number of hydrogen-bond donors (Lipinski definition) is 0. The minimum atomic E-state index is 0.504. The van der Waals surface area contributed by atoms with Crippen LogP contribution < -0.4 is 14.2 Å². The standard InChI is InChI=1S/C29H32N4O4/c1-32-9-11-33(12-10-32)8-4-13-36-28-17-25-24(16-27(28)35-3)23(21(18-30)19-31-25)15-20-5-6-26(34-2)22-7-14-37-29(20)22/h5-7,14,16-17,19H,4,8-13,15H2,1-3H3. The number of fused-ring (bicyclic) bond motifs is 2. The van der Waals surface area contributed by atoms with Crippen molar-refractivity contribution in [3.8, 4) is 23.3 Å². The van der Waals surface area contributed by atoms with Crippen LogP contribution in [0.2, 0.25) is 0 Å². The zero-order valence-corrected chi connectivity index (χ0v) is 21.6. The second-order valence-electron chi connectivity index (χ2n) is 9.40. The molecule has 2 aromatic heterocycles. The maximum Gasteiger partial charge on any atom is 0.163 e. The second-order valence-corrected chi connectivity index (χ2v) is 9.40. The predicted octanol–water partition coefficient (Wildman–Crippen LogP) is 4.48. The number of piperazine rings is 1. The number of nitriles is 1. The molecular weight excluding hydrogens is 468 g/mol. The zero-order valence-electron chi connectivity index (χ0n) is 21.6. The summed E-state index contributed by atoms with van der Waals surface area (Å²) in [6, 6.07) is 11.9. The Morgan fingerprint density at radius 3 is 2.57 bits per heavy atom. The van der Waals surface area contributed by atoms with Gasteiger partial charge in [-0.05, 0) is 37.2 Å². The van der Waals surface area contributed by atoms with E-state index in [1.165, 1.54) is 0 Å². The van der Waals surface area contributed by atoms with E-state index in [2.05, 4.69) is 27.9 Å². The Kier molecular flexibility index (Phi) is 7.45. The number of furan rings is 1. The van der Waals surface area contributed by atoms with E-state index < -0.39 is 0 Å². The maximum absolute atomic E-state index is 9.86. The highest BCUT2D eigenvalue weighted by Crippen LogP contribution is 2.36. The van der Waals surface area contributed by atoms with Crippen LogP contribution in [0.5, 0.6) is 17.2 Å². The average molecular weight is 501 g/mol. The summed E-state index contributed by atoms with van der Waals surface area (Å²) >= 11 is 0. The molecule has 1 fully saturated rings. The van der Waals surface area contributed by atoms with Gasteiger partial charge in [0.25, 0.3) is 0 Å². The number of ether oxygens (including phenoxy) is 3. The molecule has 0 atom stereocenters. The SMILES string of the molecule is COc1cc2c(Cc3ccc(OC)c4ccoc34)c(C#N)cnc2cc1OCCCN1CCN(C)CC1. The van der Waals surface area contributed by atoms with Crippen molar-refractivity contribution >= 4 is 21.9 Å². The Labute approximate surface area is 216 Å². The normalized spacial score (nSPS) is 14.6. The summed E-state index contributed by atoms with van der Waals surface area (Å²) in [6.45, 7) is 6.03. The lowest BCUT2D eigenvalue weighted by molar-refractivity contribution is 0.145. The van der Waals surface area contributed by atoms with Crippen LogP contribution in [-0.2, 0) is 6.42 Å². The number of methoxy groups -OCH3 is 2. The molecular formula is C29H32N4O4. The number of benzene rings is 2. The Bertz CT molecular complexity index is 1430. The number of pyridine rings is 1. The van der Waals surface area contributed by atoms with Crippen LogP contribution in [0.25, 0.3) is 21.9 Å². The lowest BCUT2D eigenvalue weighted by atomic mass is 9.96. The molecule has 4 aromatic rings. The van der Waals surface area contributed by atoms with Crippen LogP contribution in [0.1, 0.15) is 23.1 Å². The van der Waals surface area contributed by atoms with Crippen LogP contribution in [0.3, 0.4) is 0 Å². The van der Waals surface area contributed by atoms with Crippen LogP contribution >= 0.6 is 0 Å². The highest BCUT2D eigenvalue weighted by atomic mass is 16.5. The Balaban J connectivity index is 1.40. The van der Waals surface area contributed by atoms with Crippen LogP contribution in [-0.4, -0.2) is 75.4 Å². The first-order valence-corrected chi connectivity index (χ1v) is 12.6. The Hall–Kier alpha value is -3.80. The lowest BCUT2D eigenvalue weighted by Crippen LogP contribution is -2.44. The summed E-state index contributed by atoms with van der Waals surface area (Å²) in [5.74, 6) is 2.04. The molecule has 8 heteroatoms. The largest absolute Gasteiger partial charge is 0.496 e. The van der Waals surface area contributed by atoms with E-state index in [1.54, 1.807) is 26.7 Å². The molecule has 5 rings (SSSR count). The quantitative estimate of drug-likeness (QED) is 0.311. The van der Waals surface area contributed by atoms with Crippen molar-refractivity contribution < 1.29 is 18.6 Å². The molecule has 8 nitrogen and oxygen atoms in total. The highest BCUT2D eigenvalue weighted by Gasteiger charge is 2.18. The summed E-state index contributed by atoms with van der Waals surface area (Å²) in [6.07, 6.45) is 4.73. The first-order chi connectivity index (χ1) is 18.1. The summed E-state index contributed by atoms with van der Waals surface area (Å²) < 4.78 is 23.1. The van der Waals surface area contributed by atoms with Crippen molar-refractivity contribution in [3.63, 3.8) is 0 Å². The smallest absolute Gasteiger partial charge is 0.163 e. The van der Waals surface area contributed by atoms with Gasteiger partial charge in [-0.25, -0.2) is 0 Å². The van der Waals surface area contributed by atoms with Crippen molar-refractivity contribution in [3.05, 3.63) is 59.5 Å². The predicted molar refractivity (Wildman–Crippen MR) is 143 cm³/mol. The number of likely N-dealkylation sites (N-methyl/N-ethyl adjacent to an activating group) is 1. The molecule has 3 heterocycles. The first kappa shape index (κ1) is 24.9. The molecule has 0 aliphatic carbocycles. The fourth-order valence-corrected chi connectivity index (χ4v) is 4.96. The van der Waals surface area contributed by atoms with Crippen LogP contribution in [0.4, 0.5) is 0 Å². The average Bonchev–Trinajstić information content (AvgIpc) is 3.42. The topological polar surface area (TPSA) is 84.0 Å². The van der Waals surface area contributed by atoms with Gasteiger partial charge in [0.2, 0.25) is 0 Å². The number of hydrogen-bond acceptors (Lipinski definition) is 8. The maximum atomic E-state index is 9.86. The lowest BCUT2D eigenvalue weighted by Gasteiger charge is -2.32. The summed E-state index contributed by atoms with van der Waals surface area (Å²) in [5, 5.41) is 11.6. The van der Waals surface area contributed by atoms with Gasteiger partial charge >= 0.3 is 0 Å². The number of rotatable bonds is 9. The van der Waals surface area contributed by atoms with Crippen LogP contribution in [0, 0.1) is 11.3 Å². The molecule has 0 saturated carbocycles. The molecule has 1 aliphatic heterocycles. The van der Waals surface area contributed by atoms with E-state index >= 15 is 0 Å². The fourth-order valence-electron chi connectivity index (χ4n) is 4.96. The van der Waals surface area contributed by atoms with Gasteiger partial charge in [0.15, 0.2) is 11.5 Å². The Morgan fingerprint density at radius 2 is 1.81 bits per heavy atom. The van der Waals surface area contributed by atoms with Gasteiger partial charge < -0.3 is 28.4 Å². The number of nitrogens with zero attached hydrogens (tertiary/aromatic N) is 4. The minimum Gasteiger partial charge on any atom is -0.496 e. The van der Waals surface area contributed by atoms with Gasteiger partial charge in [-0.2, -0.15) is 5.26 Å². The number of aromatic nitrogens is 1. The summed E-state index contributed by atoms with van der Waals surface area (Å²) in [7, 11) is 5.44. The zero-order chi connectivity index (χ0) is 25.8. The van der Waals surface area contributed by atoms with E-state index in [0.29, 0.717) is 30.1 Å². The molecule has 2 aromatic carbocycles. The third-order valence-corrected chi connectivity index (χ3v) is 7.10. The molecule has 0 radical (unpaired) electrons. The molecule has 37 heavy (non-hydrogen) atoms. The van der Waals surface area contributed by atoms with Gasteiger partial charge in [0, 0.05) is 62.4 Å². The van der Waals surface area contributed by atoms with Crippen LogP contribution in [0.15, 0.2) is 47.2 Å². The molecule has 0 amide bonds. The van der Waals surface area contributed by atoms with Gasteiger partial charge in [0.05, 0.1) is 43.6 Å². The summed E-state index contributed by atoms with van der Waals surface area (Å²) in [5.41, 5.74) is 3.86. The van der Waals surface area contributed by atoms with Gasteiger partial charge in [-0.15, -0.1) is 0 Å². The van der Waals surface area contributed by atoms with E-state index in [9.17, 15) is 5.26 Å². The van der Waals surface area contributed by atoms with E-state index in [1.807, 2.05) is 30.3 Å². The molecule has 0 spiro atoms. The second kappa shape index (κ2) is 11.1. The molecule has 0 N–H and O–H groups in total. The van der Waals surface area contributed by atoms with Crippen molar-refractivity contribution in [2.24, 2.45) is 0 Å². The minimum absolute atomic E-state index is 0.504. The Morgan fingerprint density at radius 1 is 1.00 bits per heavy atom. The third-order valence-electron chi connectivity index (χ3n) is 7.10. The van der Waals surface area contributed by atoms with E-state index in [0.717, 1.165) is 77.9 Å². The molecule has 1 aliphatic rings. The van der Waals surface area contributed by atoms with Crippen molar-refractivity contribution in [2.45, 2.75) is 12.8 Å².